The Morgan fingerprint density at radius 1 is 1.12 bits per heavy atom. The van der Waals surface area contributed by atoms with E-state index in [-0.39, 0.29) is 17.8 Å². The lowest BCUT2D eigenvalue weighted by atomic mass is 9.82. The monoisotopic (exact) mass is 327 g/mol. The molecule has 1 aliphatic carbocycles. The van der Waals surface area contributed by atoms with Crippen molar-refractivity contribution in [3.63, 3.8) is 0 Å². The Hall–Kier alpha value is -2.07. The van der Waals surface area contributed by atoms with Crippen LogP contribution in [0.4, 0.5) is 0 Å². The van der Waals surface area contributed by atoms with Gasteiger partial charge in [0.1, 0.15) is 6.10 Å². The summed E-state index contributed by atoms with van der Waals surface area (Å²) in [6.45, 7) is 0.968. The molecule has 0 aliphatic heterocycles. The van der Waals surface area contributed by atoms with Crippen LogP contribution in [0.1, 0.15) is 53.3 Å². The molecule has 4 nitrogen and oxygen atoms in total. The van der Waals surface area contributed by atoms with Crippen molar-refractivity contribution < 1.29 is 13.9 Å². The third kappa shape index (κ3) is 4.26. The summed E-state index contributed by atoms with van der Waals surface area (Å²) >= 11 is 0. The van der Waals surface area contributed by atoms with E-state index >= 15 is 0 Å². The fourth-order valence-corrected chi connectivity index (χ4v) is 3.38. The molecule has 2 aromatic rings. The molecule has 1 aromatic carbocycles. The van der Waals surface area contributed by atoms with Crippen LogP contribution in [0, 0.1) is 0 Å². The Morgan fingerprint density at radius 3 is 2.42 bits per heavy atom. The van der Waals surface area contributed by atoms with Crippen LogP contribution in [0.2, 0.25) is 0 Å². The van der Waals surface area contributed by atoms with Crippen molar-refractivity contribution in [1.82, 2.24) is 4.90 Å². The van der Waals surface area contributed by atoms with Gasteiger partial charge in [-0.15, -0.1) is 0 Å². The number of hydrogen-bond donors (Lipinski definition) is 0. The summed E-state index contributed by atoms with van der Waals surface area (Å²) in [5.74, 6) is 0.502. The standard InChI is InChI=1S/C20H25NO3/c1-21(2)14-15-5-7-16(8-6-15)17-9-11-18(12-10-17)24-20(22)19-4-3-13-23-19/h3-8,13,17-18H,9-12,14H2,1-2H3. The second-order valence-electron chi connectivity index (χ2n) is 6.84. The molecule has 0 radical (unpaired) electrons. The smallest absolute Gasteiger partial charge is 0.374 e. The number of carbonyl (C=O) groups is 1. The first-order valence-electron chi connectivity index (χ1n) is 8.60. The van der Waals surface area contributed by atoms with Crippen LogP contribution in [-0.4, -0.2) is 31.1 Å². The number of esters is 1. The second-order valence-corrected chi connectivity index (χ2v) is 6.84. The molecule has 0 unspecified atom stereocenters. The van der Waals surface area contributed by atoms with Crippen molar-refractivity contribution in [2.75, 3.05) is 14.1 Å². The highest BCUT2D eigenvalue weighted by Crippen LogP contribution is 2.34. The average Bonchev–Trinajstić information content (AvgIpc) is 3.10. The summed E-state index contributed by atoms with van der Waals surface area (Å²) in [4.78, 5) is 14.1. The topological polar surface area (TPSA) is 42.7 Å². The fraction of sp³-hybridized carbons (Fsp3) is 0.450. The Morgan fingerprint density at radius 2 is 1.83 bits per heavy atom. The van der Waals surface area contributed by atoms with Crippen LogP contribution >= 0.6 is 0 Å². The van der Waals surface area contributed by atoms with E-state index in [1.54, 1.807) is 12.1 Å². The Bertz CT molecular complexity index is 638. The summed E-state index contributed by atoms with van der Waals surface area (Å²) in [6, 6.07) is 12.3. The number of rotatable bonds is 5. The lowest BCUT2D eigenvalue weighted by molar-refractivity contribution is 0.0161. The molecular formula is C20H25NO3. The number of furan rings is 1. The molecular weight excluding hydrogens is 302 g/mol. The van der Waals surface area contributed by atoms with Crippen LogP contribution in [0.25, 0.3) is 0 Å². The third-order valence-electron chi connectivity index (χ3n) is 4.62. The molecule has 0 atom stereocenters. The maximum atomic E-state index is 11.9. The van der Waals surface area contributed by atoms with Gasteiger partial charge in [-0.3, -0.25) is 0 Å². The molecule has 3 rings (SSSR count). The SMILES string of the molecule is CN(C)Cc1ccc(C2CCC(OC(=O)c3ccco3)CC2)cc1. The van der Waals surface area contributed by atoms with Crippen molar-refractivity contribution in [3.8, 4) is 0 Å². The minimum Gasteiger partial charge on any atom is -0.457 e. The lowest BCUT2D eigenvalue weighted by Gasteiger charge is -2.28. The minimum absolute atomic E-state index is 0.00636. The van der Waals surface area contributed by atoms with Gasteiger partial charge in [0.15, 0.2) is 0 Å². The largest absolute Gasteiger partial charge is 0.457 e. The fourth-order valence-electron chi connectivity index (χ4n) is 3.38. The molecule has 4 heteroatoms. The highest BCUT2D eigenvalue weighted by Gasteiger charge is 2.26. The number of nitrogens with zero attached hydrogens (tertiary/aromatic N) is 1. The van der Waals surface area contributed by atoms with Crippen LogP contribution < -0.4 is 0 Å². The highest BCUT2D eigenvalue weighted by molar-refractivity contribution is 5.86. The molecule has 1 aliphatic rings. The molecule has 0 saturated heterocycles. The van der Waals surface area contributed by atoms with E-state index in [2.05, 4.69) is 43.3 Å². The number of ether oxygens (including phenoxy) is 1. The molecule has 0 N–H and O–H groups in total. The third-order valence-corrected chi connectivity index (χ3v) is 4.62. The van der Waals surface area contributed by atoms with Crippen molar-refractivity contribution in [2.24, 2.45) is 0 Å². The average molecular weight is 327 g/mol. The van der Waals surface area contributed by atoms with E-state index in [0.29, 0.717) is 5.92 Å². The zero-order valence-corrected chi connectivity index (χ0v) is 14.4. The predicted molar refractivity (Wildman–Crippen MR) is 93.0 cm³/mol. The number of benzene rings is 1. The first-order chi connectivity index (χ1) is 11.6. The first-order valence-corrected chi connectivity index (χ1v) is 8.60. The van der Waals surface area contributed by atoms with Gasteiger partial charge in [-0.2, -0.15) is 0 Å². The molecule has 0 bridgehead atoms. The van der Waals surface area contributed by atoms with Crippen LogP contribution in [-0.2, 0) is 11.3 Å². The highest BCUT2D eigenvalue weighted by atomic mass is 16.6. The molecule has 128 valence electrons. The summed E-state index contributed by atoms with van der Waals surface area (Å²) < 4.78 is 10.6. The van der Waals surface area contributed by atoms with Crippen molar-refractivity contribution >= 4 is 5.97 Å². The first kappa shape index (κ1) is 16.8. The summed E-state index contributed by atoms with van der Waals surface area (Å²) in [6.07, 6.45) is 5.44. The number of hydrogen-bond acceptors (Lipinski definition) is 4. The van der Waals surface area contributed by atoms with Gasteiger partial charge >= 0.3 is 5.97 Å². The van der Waals surface area contributed by atoms with Gasteiger partial charge in [-0.1, -0.05) is 24.3 Å². The van der Waals surface area contributed by atoms with E-state index in [9.17, 15) is 4.79 Å². The zero-order chi connectivity index (χ0) is 16.9. The lowest BCUT2D eigenvalue weighted by Crippen LogP contribution is -2.23. The van der Waals surface area contributed by atoms with E-state index in [1.807, 2.05) is 0 Å². The van der Waals surface area contributed by atoms with Crippen molar-refractivity contribution in [1.29, 1.82) is 0 Å². The van der Waals surface area contributed by atoms with Gasteiger partial charge in [0.25, 0.3) is 0 Å². The zero-order valence-electron chi connectivity index (χ0n) is 14.4. The maximum absolute atomic E-state index is 11.9. The van der Waals surface area contributed by atoms with Crippen molar-refractivity contribution in [3.05, 3.63) is 59.5 Å². The predicted octanol–water partition coefficient (Wildman–Crippen LogP) is 4.22. The van der Waals surface area contributed by atoms with Gasteiger partial charge in [0, 0.05) is 6.54 Å². The van der Waals surface area contributed by atoms with Gasteiger partial charge in [0.05, 0.1) is 6.26 Å². The van der Waals surface area contributed by atoms with E-state index in [4.69, 9.17) is 9.15 Å². The van der Waals surface area contributed by atoms with Gasteiger partial charge in [0.2, 0.25) is 5.76 Å². The molecule has 1 saturated carbocycles. The van der Waals surface area contributed by atoms with Gasteiger partial charge in [-0.05, 0) is 69.0 Å². The van der Waals surface area contributed by atoms with Crippen LogP contribution in [0.5, 0.6) is 0 Å². The quantitative estimate of drug-likeness (QED) is 0.771. The van der Waals surface area contributed by atoms with Gasteiger partial charge < -0.3 is 14.1 Å². The Kier molecular flexibility index (Phi) is 5.36. The molecule has 0 spiro atoms. The second kappa shape index (κ2) is 7.67. The van der Waals surface area contributed by atoms with Gasteiger partial charge in [-0.25, -0.2) is 4.79 Å². The van der Waals surface area contributed by atoms with Crippen LogP contribution in [0.15, 0.2) is 47.1 Å². The molecule has 1 fully saturated rings. The van der Waals surface area contributed by atoms with E-state index in [0.717, 1.165) is 32.2 Å². The van der Waals surface area contributed by atoms with Crippen molar-refractivity contribution in [2.45, 2.75) is 44.2 Å². The molecule has 1 heterocycles. The number of carbonyl (C=O) groups excluding carboxylic acids is 1. The van der Waals surface area contributed by atoms with E-state index in [1.165, 1.54) is 17.4 Å². The summed E-state index contributed by atoms with van der Waals surface area (Å²) in [5, 5.41) is 0. The Labute approximate surface area is 143 Å². The maximum Gasteiger partial charge on any atom is 0.374 e. The molecule has 0 amide bonds. The minimum atomic E-state index is -0.350. The summed E-state index contributed by atoms with van der Waals surface area (Å²) in [7, 11) is 4.17. The molecule has 1 aromatic heterocycles. The normalized spacial score (nSPS) is 21.0. The van der Waals surface area contributed by atoms with Crippen LogP contribution in [0.3, 0.4) is 0 Å². The summed E-state index contributed by atoms with van der Waals surface area (Å²) in [5.41, 5.74) is 2.73. The Balaban J connectivity index is 1.50. The van der Waals surface area contributed by atoms with E-state index < -0.39 is 0 Å². The molecule has 24 heavy (non-hydrogen) atoms.